The van der Waals surface area contributed by atoms with Crippen molar-refractivity contribution in [1.29, 1.82) is 0 Å². The van der Waals surface area contributed by atoms with Gasteiger partial charge in [-0.15, -0.1) is 0 Å². The van der Waals surface area contributed by atoms with E-state index in [1.54, 1.807) is 0 Å². The van der Waals surface area contributed by atoms with Crippen LogP contribution in [0.25, 0.3) is 10.9 Å². The molecule has 0 fully saturated rings. The number of ketones is 1. The van der Waals surface area contributed by atoms with Crippen LogP contribution in [-0.4, -0.2) is 10.4 Å². The summed E-state index contributed by atoms with van der Waals surface area (Å²) in [6, 6.07) is 8.14. The van der Waals surface area contributed by atoms with E-state index in [1.807, 2.05) is 32.2 Å². The first-order chi connectivity index (χ1) is 7.20. The molecule has 0 N–H and O–H groups in total. The van der Waals surface area contributed by atoms with Gasteiger partial charge in [0.05, 0.1) is 0 Å². The number of benzene rings is 1. The van der Waals surface area contributed by atoms with Crippen LogP contribution in [-0.2, 0) is 13.5 Å². The van der Waals surface area contributed by atoms with Crippen LogP contribution in [0.15, 0.2) is 24.3 Å². The third-order valence-corrected chi connectivity index (χ3v) is 3.42. The predicted molar refractivity (Wildman–Crippen MR) is 60.1 cm³/mol. The summed E-state index contributed by atoms with van der Waals surface area (Å²) in [5.74, 6) is 0.465. The van der Waals surface area contributed by atoms with Gasteiger partial charge in [0.15, 0.2) is 5.78 Å². The third-order valence-electron chi connectivity index (χ3n) is 3.42. The molecule has 1 heterocycles. The van der Waals surface area contributed by atoms with Gasteiger partial charge < -0.3 is 4.57 Å². The van der Waals surface area contributed by atoms with Crippen LogP contribution in [0.4, 0.5) is 0 Å². The van der Waals surface area contributed by atoms with E-state index in [9.17, 15) is 4.79 Å². The largest absolute Gasteiger partial charge is 0.347 e. The molecular formula is C13H13NO. The Labute approximate surface area is 88.5 Å². The van der Waals surface area contributed by atoms with Gasteiger partial charge in [-0.3, -0.25) is 4.79 Å². The van der Waals surface area contributed by atoms with Crippen molar-refractivity contribution in [2.75, 3.05) is 0 Å². The Morgan fingerprint density at radius 2 is 2.07 bits per heavy atom. The van der Waals surface area contributed by atoms with Crippen molar-refractivity contribution in [3.63, 3.8) is 0 Å². The lowest BCUT2D eigenvalue weighted by molar-refractivity contribution is 0.0947. The van der Waals surface area contributed by atoms with E-state index < -0.39 is 0 Å². The second kappa shape index (κ2) is 2.72. The van der Waals surface area contributed by atoms with Gasteiger partial charge >= 0.3 is 0 Å². The molecule has 0 aliphatic heterocycles. The van der Waals surface area contributed by atoms with Gasteiger partial charge in [0.1, 0.15) is 0 Å². The molecule has 1 aliphatic rings. The summed E-state index contributed by atoms with van der Waals surface area (Å²) in [5, 5.41) is 1.12. The molecule has 3 rings (SSSR count). The lowest BCUT2D eigenvalue weighted by atomic mass is 10.1. The van der Waals surface area contributed by atoms with E-state index >= 15 is 0 Å². The zero-order chi connectivity index (χ0) is 10.6. The van der Waals surface area contributed by atoms with Gasteiger partial charge in [0, 0.05) is 35.1 Å². The number of para-hydroxylation sites is 1. The Hall–Kier alpha value is -1.57. The molecule has 1 aliphatic carbocycles. The molecule has 0 bridgehead atoms. The summed E-state index contributed by atoms with van der Waals surface area (Å²) in [7, 11) is 2.05. The lowest BCUT2D eigenvalue weighted by Crippen LogP contribution is -2.04. The maximum Gasteiger partial charge on any atom is 0.168 e. The lowest BCUT2D eigenvalue weighted by Gasteiger charge is -2.02. The van der Waals surface area contributed by atoms with Gasteiger partial charge in [0.25, 0.3) is 0 Å². The average Bonchev–Trinajstić information content (AvgIpc) is 2.68. The summed E-state index contributed by atoms with van der Waals surface area (Å²) in [5.41, 5.74) is 3.33. The van der Waals surface area contributed by atoms with Gasteiger partial charge in [-0.05, 0) is 12.5 Å². The molecule has 1 unspecified atom stereocenters. The molecule has 0 radical (unpaired) electrons. The molecule has 0 saturated carbocycles. The molecule has 15 heavy (non-hydrogen) atoms. The molecule has 0 saturated heterocycles. The minimum Gasteiger partial charge on any atom is -0.347 e. The number of carbonyl (C=O) groups excluding carboxylic acids is 1. The quantitative estimate of drug-likeness (QED) is 0.639. The smallest absolute Gasteiger partial charge is 0.168 e. The molecule has 1 aromatic heterocycles. The standard InChI is InChI=1S/C13H13NO/c1-8-7-11-12(13(8)15)9-5-3-4-6-10(9)14(11)2/h3-6,8H,7H2,1-2H3. The Morgan fingerprint density at radius 3 is 2.87 bits per heavy atom. The van der Waals surface area contributed by atoms with E-state index in [1.165, 1.54) is 11.2 Å². The minimum absolute atomic E-state index is 0.158. The van der Waals surface area contributed by atoms with Crippen molar-refractivity contribution in [3.8, 4) is 0 Å². The molecule has 1 atom stereocenters. The first kappa shape index (κ1) is 8.72. The minimum atomic E-state index is 0.158. The Bertz CT molecular complexity index is 565. The Kier molecular flexibility index (Phi) is 1.58. The van der Waals surface area contributed by atoms with Gasteiger partial charge in [-0.25, -0.2) is 0 Å². The van der Waals surface area contributed by atoms with E-state index in [2.05, 4.69) is 10.6 Å². The fourth-order valence-corrected chi connectivity index (χ4v) is 2.59. The van der Waals surface area contributed by atoms with Crippen LogP contribution in [0.1, 0.15) is 23.0 Å². The van der Waals surface area contributed by atoms with Crippen molar-refractivity contribution in [1.82, 2.24) is 4.57 Å². The number of hydrogen-bond donors (Lipinski definition) is 0. The first-order valence-electron chi connectivity index (χ1n) is 5.30. The second-order valence-electron chi connectivity index (χ2n) is 4.37. The Balaban J connectivity index is 2.44. The summed E-state index contributed by atoms with van der Waals surface area (Å²) in [6.45, 7) is 2.01. The fourth-order valence-electron chi connectivity index (χ4n) is 2.59. The van der Waals surface area contributed by atoms with Crippen LogP contribution in [0.2, 0.25) is 0 Å². The number of Topliss-reactive ketones (excluding diaryl/α,β-unsaturated/α-hetero) is 1. The van der Waals surface area contributed by atoms with Crippen molar-refractivity contribution < 1.29 is 4.79 Å². The summed E-state index contributed by atoms with van der Waals surface area (Å²) >= 11 is 0. The van der Waals surface area contributed by atoms with Crippen molar-refractivity contribution in [2.24, 2.45) is 13.0 Å². The maximum atomic E-state index is 12.0. The van der Waals surface area contributed by atoms with Crippen LogP contribution in [0, 0.1) is 5.92 Å². The van der Waals surface area contributed by atoms with E-state index in [4.69, 9.17) is 0 Å². The second-order valence-corrected chi connectivity index (χ2v) is 4.37. The number of carbonyl (C=O) groups is 1. The maximum absolute atomic E-state index is 12.0. The number of aromatic nitrogens is 1. The molecule has 2 heteroatoms. The highest BCUT2D eigenvalue weighted by molar-refractivity contribution is 6.12. The monoisotopic (exact) mass is 199 g/mol. The van der Waals surface area contributed by atoms with E-state index in [0.717, 1.165) is 17.4 Å². The molecule has 2 aromatic rings. The molecule has 2 nitrogen and oxygen atoms in total. The normalized spacial score (nSPS) is 19.9. The highest BCUT2D eigenvalue weighted by Gasteiger charge is 2.32. The van der Waals surface area contributed by atoms with Crippen molar-refractivity contribution in [3.05, 3.63) is 35.5 Å². The SMILES string of the molecule is CC1Cc2c(c3ccccc3n2C)C1=O. The fraction of sp³-hybridized carbons (Fsp3) is 0.308. The highest BCUT2D eigenvalue weighted by Crippen LogP contribution is 2.34. The number of rotatable bonds is 0. The number of nitrogens with zero attached hydrogens (tertiary/aromatic N) is 1. The summed E-state index contributed by atoms with van der Waals surface area (Å²) < 4.78 is 2.16. The number of aryl methyl sites for hydroxylation is 1. The van der Waals surface area contributed by atoms with Crippen LogP contribution in [0.3, 0.4) is 0 Å². The predicted octanol–water partition coefficient (Wildman–Crippen LogP) is 2.55. The molecule has 76 valence electrons. The van der Waals surface area contributed by atoms with Crippen molar-refractivity contribution >= 4 is 16.7 Å². The van der Waals surface area contributed by atoms with Crippen molar-refractivity contribution in [2.45, 2.75) is 13.3 Å². The average molecular weight is 199 g/mol. The van der Waals surface area contributed by atoms with Crippen LogP contribution in [0.5, 0.6) is 0 Å². The topological polar surface area (TPSA) is 22.0 Å². The number of fused-ring (bicyclic) bond motifs is 3. The third kappa shape index (κ3) is 0.965. The molecule has 1 aromatic carbocycles. The van der Waals surface area contributed by atoms with Gasteiger partial charge in [-0.1, -0.05) is 25.1 Å². The first-order valence-corrected chi connectivity index (χ1v) is 5.30. The molecule has 0 amide bonds. The Morgan fingerprint density at radius 1 is 1.33 bits per heavy atom. The highest BCUT2D eigenvalue weighted by atomic mass is 16.1. The van der Waals surface area contributed by atoms with Gasteiger partial charge in [-0.2, -0.15) is 0 Å². The zero-order valence-corrected chi connectivity index (χ0v) is 8.95. The molecular weight excluding hydrogens is 186 g/mol. The zero-order valence-electron chi connectivity index (χ0n) is 8.95. The van der Waals surface area contributed by atoms with Crippen LogP contribution >= 0.6 is 0 Å². The van der Waals surface area contributed by atoms with E-state index in [0.29, 0.717) is 5.78 Å². The van der Waals surface area contributed by atoms with E-state index in [-0.39, 0.29) is 5.92 Å². The van der Waals surface area contributed by atoms with Gasteiger partial charge in [0.2, 0.25) is 0 Å². The molecule has 0 spiro atoms. The summed E-state index contributed by atoms with van der Waals surface area (Å²) in [4.78, 5) is 12.0. The number of hydrogen-bond acceptors (Lipinski definition) is 1. The summed E-state index contributed by atoms with van der Waals surface area (Å²) in [6.07, 6.45) is 0.888. The van der Waals surface area contributed by atoms with Crippen LogP contribution < -0.4 is 0 Å².